The summed E-state index contributed by atoms with van der Waals surface area (Å²) >= 11 is 0. The molecule has 2 atom stereocenters. The Morgan fingerprint density at radius 1 is 0.818 bits per heavy atom. The van der Waals surface area contributed by atoms with Crippen LogP contribution in [-0.2, 0) is 0 Å². The van der Waals surface area contributed by atoms with Crippen LogP contribution in [0.4, 0.5) is 5.69 Å². The molecule has 0 aliphatic carbocycles. The number of hydrogen-bond acceptors (Lipinski definition) is 1. The molecule has 1 nitrogen and oxygen atoms in total. The highest BCUT2D eigenvalue weighted by molar-refractivity contribution is 5.74. The minimum atomic E-state index is 0.555. The summed E-state index contributed by atoms with van der Waals surface area (Å²) in [6.45, 7) is 11.5. The molecule has 0 aromatic heterocycles. The fourth-order valence-corrected chi connectivity index (χ4v) is 3.14. The van der Waals surface area contributed by atoms with Crippen molar-refractivity contribution < 1.29 is 0 Å². The molecule has 0 spiro atoms. The van der Waals surface area contributed by atoms with E-state index in [1.54, 1.807) is 0 Å². The van der Waals surface area contributed by atoms with E-state index in [0.717, 1.165) is 0 Å². The van der Waals surface area contributed by atoms with E-state index in [1.807, 2.05) is 0 Å². The van der Waals surface area contributed by atoms with E-state index in [9.17, 15) is 0 Å². The van der Waals surface area contributed by atoms with E-state index in [1.165, 1.54) is 35.2 Å². The van der Waals surface area contributed by atoms with Crippen LogP contribution < -0.4 is 4.90 Å². The standard InChI is InChI=1S/C21H29N/c1-6-16(3)22(17(4)7-2)21-15-11-14-20(18(21)5)19-12-9-8-10-13-19/h8-17H,6-7H2,1-5H3. The summed E-state index contributed by atoms with van der Waals surface area (Å²) in [6.07, 6.45) is 2.33. The van der Waals surface area contributed by atoms with Crippen LogP contribution in [-0.4, -0.2) is 12.1 Å². The van der Waals surface area contributed by atoms with E-state index in [-0.39, 0.29) is 0 Å². The maximum Gasteiger partial charge on any atom is 0.0406 e. The van der Waals surface area contributed by atoms with Gasteiger partial charge in [-0.1, -0.05) is 56.3 Å². The smallest absolute Gasteiger partial charge is 0.0406 e. The molecule has 2 aromatic carbocycles. The van der Waals surface area contributed by atoms with Gasteiger partial charge in [0.25, 0.3) is 0 Å². The minimum absolute atomic E-state index is 0.555. The molecule has 2 unspecified atom stereocenters. The molecule has 0 saturated heterocycles. The highest BCUT2D eigenvalue weighted by Gasteiger charge is 2.21. The fraction of sp³-hybridized carbons (Fsp3) is 0.429. The summed E-state index contributed by atoms with van der Waals surface area (Å²) in [6, 6.07) is 18.5. The van der Waals surface area contributed by atoms with Gasteiger partial charge in [0.05, 0.1) is 0 Å². The van der Waals surface area contributed by atoms with E-state index in [0.29, 0.717) is 12.1 Å². The molecule has 0 heterocycles. The molecule has 2 rings (SSSR count). The number of anilines is 1. The Morgan fingerprint density at radius 2 is 1.41 bits per heavy atom. The zero-order valence-corrected chi connectivity index (χ0v) is 14.6. The van der Waals surface area contributed by atoms with Crippen molar-refractivity contribution in [3.05, 3.63) is 54.1 Å². The van der Waals surface area contributed by atoms with E-state index >= 15 is 0 Å². The Hall–Kier alpha value is -1.76. The molecule has 0 radical (unpaired) electrons. The number of rotatable bonds is 6. The van der Waals surface area contributed by atoms with Crippen LogP contribution in [0.2, 0.25) is 0 Å². The zero-order chi connectivity index (χ0) is 16.1. The van der Waals surface area contributed by atoms with Gasteiger partial charge < -0.3 is 4.90 Å². The number of benzene rings is 2. The van der Waals surface area contributed by atoms with E-state index in [2.05, 4.69) is 88.0 Å². The third-order valence-electron chi connectivity index (χ3n) is 4.80. The Balaban J connectivity index is 2.51. The fourth-order valence-electron chi connectivity index (χ4n) is 3.14. The van der Waals surface area contributed by atoms with Crippen LogP contribution in [0.1, 0.15) is 46.1 Å². The van der Waals surface area contributed by atoms with Crippen molar-refractivity contribution in [3.63, 3.8) is 0 Å². The van der Waals surface area contributed by atoms with Crippen molar-refractivity contribution in [2.24, 2.45) is 0 Å². The predicted octanol–water partition coefficient (Wildman–Crippen LogP) is 6.07. The molecule has 118 valence electrons. The monoisotopic (exact) mass is 295 g/mol. The van der Waals surface area contributed by atoms with Crippen molar-refractivity contribution in [1.29, 1.82) is 0 Å². The highest BCUT2D eigenvalue weighted by Crippen LogP contribution is 2.33. The highest BCUT2D eigenvalue weighted by atomic mass is 15.2. The summed E-state index contributed by atoms with van der Waals surface area (Å²) in [7, 11) is 0. The van der Waals surface area contributed by atoms with E-state index in [4.69, 9.17) is 0 Å². The predicted molar refractivity (Wildman–Crippen MR) is 98.6 cm³/mol. The van der Waals surface area contributed by atoms with Crippen LogP contribution >= 0.6 is 0 Å². The first kappa shape index (κ1) is 16.6. The van der Waals surface area contributed by atoms with Gasteiger partial charge in [0.1, 0.15) is 0 Å². The molecule has 1 heteroatoms. The second-order valence-electron chi connectivity index (χ2n) is 6.24. The zero-order valence-electron chi connectivity index (χ0n) is 14.6. The first-order valence-electron chi connectivity index (χ1n) is 8.53. The van der Waals surface area contributed by atoms with Gasteiger partial charge in [-0.3, -0.25) is 0 Å². The van der Waals surface area contributed by atoms with Gasteiger partial charge in [0.2, 0.25) is 0 Å². The van der Waals surface area contributed by atoms with Gasteiger partial charge in [-0.05, 0) is 56.4 Å². The molecule has 0 aliphatic heterocycles. The van der Waals surface area contributed by atoms with Crippen LogP contribution in [0.3, 0.4) is 0 Å². The average molecular weight is 295 g/mol. The maximum absolute atomic E-state index is 2.60. The Bertz CT molecular complexity index is 578. The van der Waals surface area contributed by atoms with Gasteiger partial charge >= 0.3 is 0 Å². The Kier molecular flexibility index (Phi) is 5.65. The molecule has 0 bridgehead atoms. The summed E-state index contributed by atoms with van der Waals surface area (Å²) in [5, 5.41) is 0. The van der Waals surface area contributed by atoms with Gasteiger partial charge in [-0.25, -0.2) is 0 Å². The quantitative estimate of drug-likeness (QED) is 0.625. The molecular weight excluding hydrogens is 266 g/mol. The van der Waals surface area contributed by atoms with Gasteiger partial charge in [-0.2, -0.15) is 0 Å². The third kappa shape index (κ3) is 3.35. The number of hydrogen-bond donors (Lipinski definition) is 0. The van der Waals surface area contributed by atoms with Gasteiger partial charge in [0, 0.05) is 17.8 Å². The van der Waals surface area contributed by atoms with Crippen LogP contribution in [0.25, 0.3) is 11.1 Å². The van der Waals surface area contributed by atoms with Crippen LogP contribution in [0, 0.1) is 6.92 Å². The largest absolute Gasteiger partial charge is 0.366 e. The third-order valence-corrected chi connectivity index (χ3v) is 4.80. The molecule has 0 amide bonds. The van der Waals surface area contributed by atoms with Gasteiger partial charge in [-0.15, -0.1) is 0 Å². The molecule has 22 heavy (non-hydrogen) atoms. The normalized spacial score (nSPS) is 13.7. The summed E-state index contributed by atoms with van der Waals surface area (Å²) in [5.74, 6) is 0. The summed E-state index contributed by atoms with van der Waals surface area (Å²) < 4.78 is 0. The Morgan fingerprint density at radius 3 is 1.95 bits per heavy atom. The lowest BCUT2D eigenvalue weighted by Gasteiger charge is -2.37. The topological polar surface area (TPSA) is 3.24 Å². The second kappa shape index (κ2) is 7.49. The van der Waals surface area contributed by atoms with Crippen molar-refractivity contribution in [2.75, 3.05) is 4.90 Å². The Labute approximate surface area is 136 Å². The number of nitrogens with zero attached hydrogens (tertiary/aromatic N) is 1. The molecule has 0 aliphatic rings. The molecule has 0 fully saturated rings. The minimum Gasteiger partial charge on any atom is -0.366 e. The molecule has 2 aromatic rings. The average Bonchev–Trinajstić information content (AvgIpc) is 2.56. The van der Waals surface area contributed by atoms with Gasteiger partial charge in [0.15, 0.2) is 0 Å². The molecule has 0 saturated carbocycles. The first-order valence-corrected chi connectivity index (χ1v) is 8.53. The lowest BCUT2D eigenvalue weighted by molar-refractivity contribution is 0.526. The first-order chi connectivity index (χ1) is 10.6. The van der Waals surface area contributed by atoms with Crippen molar-refractivity contribution in [2.45, 2.75) is 59.5 Å². The van der Waals surface area contributed by atoms with Crippen LogP contribution in [0.15, 0.2) is 48.5 Å². The maximum atomic E-state index is 2.60. The lowest BCUT2D eigenvalue weighted by Crippen LogP contribution is -2.40. The molecule has 0 N–H and O–H groups in total. The van der Waals surface area contributed by atoms with Crippen molar-refractivity contribution in [3.8, 4) is 11.1 Å². The summed E-state index contributed by atoms with van der Waals surface area (Å²) in [4.78, 5) is 2.60. The molecular formula is C21H29N. The van der Waals surface area contributed by atoms with Crippen molar-refractivity contribution >= 4 is 5.69 Å². The second-order valence-corrected chi connectivity index (χ2v) is 6.24. The lowest BCUT2D eigenvalue weighted by atomic mass is 9.97. The van der Waals surface area contributed by atoms with E-state index < -0.39 is 0 Å². The van der Waals surface area contributed by atoms with Crippen molar-refractivity contribution in [1.82, 2.24) is 0 Å². The summed E-state index contributed by atoms with van der Waals surface area (Å²) in [5.41, 5.74) is 5.41. The SMILES string of the molecule is CCC(C)N(c1cccc(-c2ccccc2)c1C)C(C)CC. The van der Waals surface area contributed by atoms with Crippen LogP contribution in [0.5, 0.6) is 0 Å².